The average molecular weight is 238 g/mol. The quantitative estimate of drug-likeness (QED) is 0.685. The second kappa shape index (κ2) is 5.65. The van der Waals surface area contributed by atoms with Crippen LogP contribution in [-0.4, -0.2) is 38.9 Å². The zero-order valence-electron chi connectivity index (χ0n) is 8.54. The predicted molar refractivity (Wildman–Crippen MR) is 63.8 cm³/mol. The highest BCUT2D eigenvalue weighted by molar-refractivity contribution is 8.20. The van der Waals surface area contributed by atoms with Gasteiger partial charge in [-0.15, -0.1) is 23.5 Å². The molecule has 0 aromatic carbocycles. The molecule has 1 aliphatic heterocycles. The monoisotopic (exact) mass is 238 g/mol. The van der Waals surface area contributed by atoms with Gasteiger partial charge in [0.1, 0.15) is 0 Å². The van der Waals surface area contributed by atoms with Crippen molar-refractivity contribution in [1.29, 1.82) is 0 Å². The minimum atomic E-state index is -1.79. The van der Waals surface area contributed by atoms with Gasteiger partial charge in [-0.25, -0.2) is 0 Å². The minimum Gasteiger partial charge on any atom is -0.398 e. The summed E-state index contributed by atoms with van der Waals surface area (Å²) in [5.74, 6) is 2.63. The first-order chi connectivity index (χ1) is 6.20. The second-order valence-corrected chi connectivity index (χ2v) is 9.76. The summed E-state index contributed by atoms with van der Waals surface area (Å²) in [5, 5.41) is 0. The zero-order chi connectivity index (χ0) is 9.73. The summed E-state index contributed by atoms with van der Waals surface area (Å²) in [6, 6.07) is 1.12. The summed E-state index contributed by atoms with van der Waals surface area (Å²) in [6.45, 7) is 2.14. The first kappa shape index (κ1) is 11.9. The summed E-state index contributed by atoms with van der Waals surface area (Å²) in [4.78, 5) is 0. The van der Waals surface area contributed by atoms with Crippen molar-refractivity contribution in [3.63, 3.8) is 0 Å². The fraction of sp³-hybridized carbons (Fsp3) is 1.00. The topological polar surface area (TPSA) is 18.5 Å². The Hall–Kier alpha value is 0.837. The van der Waals surface area contributed by atoms with Gasteiger partial charge in [0.25, 0.3) is 0 Å². The van der Waals surface area contributed by atoms with Crippen LogP contribution in [0.25, 0.3) is 0 Å². The molecule has 0 amide bonds. The third-order valence-electron chi connectivity index (χ3n) is 2.39. The maximum absolute atomic E-state index is 5.44. The Labute approximate surface area is 90.4 Å². The Balaban J connectivity index is 2.22. The fourth-order valence-corrected chi connectivity index (χ4v) is 5.87. The molecule has 1 aliphatic rings. The Morgan fingerprint density at radius 1 is 1.23 bits per heavy atom. The van der Waals surface area contributed by atoms with Gasteiger partial charge < -0.3 is 8.85 Å². The Morgan fingerprint density at radius 2 is 1.77 bits per heavy atom. The van der Waals surface area contributed by atoms with Crippen molar-refractivity contribution in [3.8, 4) is 0 Å². The highest BCUT2D eigenvalue weighted by Crippen LogP contribution is 2.36. The molecule has 1 saturated heterocycles. The van der Waals surface area contributed by atoms with Crippen LogP contribution in [0.15, 0.2) is 0 Å². The van der Waals surface area contributed by atoms with E-state index in [-0.39, 0.29) is 0 Å². The van der Waals surface area contributed by atoms with E-state index in [1.807, 2.05) is 0 Å². The van der Waals surface area contributed by atoms with E-state index in [2.05, 4.69) is 30.1 Å². The molecule has 1 fully saturated rings. The Kier molecular flexibility index (Phi) is 5.18. The lowest BCUT2D eigenvalue weighted by Gasteiger charge is -2.23. The van der Waals surface area contributed by atoms with Gasteiger partial charge in [0.2, 0.25) is 0 Å². The molecule has 1 rings (SSSR count). The predicted octanol–water partition coefficient (Wildman–Crippen LogP) is 2.55. The maximum Gasteiger partial charge on any atom is 0.334 e. The van der Waals surface area contributed by atoms with E-state index in [0.29, 0.717) is 0 Å². The Morgan fingerprint density at radius 3 is 2.23 bits per heavy atom. The largest absolute Gasteiger partial charge is 0.398 e. The van der Waals surface area contributed by atoms with Gasteiger partial charge in [-0.3, -0.25) is 0 Å². The summed E-state index contributed by atoms with van der Waals surface area (Å²) in [7, 11) is 1.75. The minimum absolute atomic E-state index is 0.789. The van der Waals surface area contributed by atoms with Crippen LogP contribution < -0.4 is 0 Å². The number of hydrogen-bond acceptors (Lipinski definition) is 4. The van der Waals surface area contributed by atoms with Crippen molar-refractivity contribution < 1.29 is 8.85 Å². The number of hydrogen-bond donors (Lipinski definition) is 0. The first-order valence-corrected chi connectivity index (χ1v) is 9.16. The number of thioether (sulfide) groups is 2. The van der Waals surface area contributed by atoms with Gasteiger partial charge in [0, 0.05) is 25.7 Å². The van der Waals surface area contributed by atoms with Crippen LogP contribution in [0.2, 0.25) is 12.6 Å². The summed E-state index contributed by atoms with van der Waals surface area (Å²) in [6.07, 6.45) is 1.24. The van der Waals surface area contributed by atoms with Crippen molar-refractivity contribution in [3.05, 3.63) is 0 Å². The molecule has 78 valence electrons. The molecule has 2 nitrogen and oxygen atoms in total. The van der Waals surface area contributed by atoms with Gasteiger partial charge >= 0.3 is 8.56 Å². The second-order valence-electron chi connectivity index (χ2n) is 3.25. The molecular weight excluding hydrogens is 220 g/mol. The van der Waals surface area contributed by atoms with Crippen molar-refractivity contribution in [1.82, 2.24) is 0 Å². The van der Waals surface area contributed by atoms with Gasteiger partial charge in [-0.05, 0) is 19.0 Å². The summed E-state index contributed by atoms with van der Waals surface area (Å²) < 4.78 is 11.7. The van der Waals surface area contributed by atoms with Crippen molar-refractivity contribution in [2.45, 2.75) is 23.6 Å². The molecule has 0 N–H and O–H groups in total. The molecule has 0 radical (unpaired) electrons. The molecule has 0 aromatic rings. The molecular formula is C8H18O2S2Si. The van der Waals surface area contributed by atoms with E-state index in [1.165, 1.54) is 17.9 Å². The standard InChI is InChI=1S/C8H18O2S2Si/c1-9-13(3,10-2)7-4-8-11-5-6-12-8/h8H,4-7H2,1-3H3. The molecule has 0 unspecified atom stereocenters. The Bertz CT molecular complexity index is 147. The molecule has 5 heteroatoms. The van der Waals surface area contributed by atoms with E-state index < -0.39 is 8.56 Å². The normalized spacial score (nSPS) is 19.6. The molecule has 0 spiro atoms. The van der Waals surface area contributed by atoms with Crippen LogP contribution in [0.1, 0.15) is 6.42 Å². The van der Waals surface area contributed by atoms with Crippen LogP contribution >= 0.6 is 23.5 Å². The molecule has 1 heterocycles. The maximum atomic E-state index is 5.44. The molecule has 0 saturated carbocycles. The van der Waals surface area contributed by atoms with Crippen LogP contribution in [0.4, 0.5) is 0 Å². The fourth-order valence-electron chi connectivity index (χ4n) is 1.24. The van der Waals surface area contributed by atoms with Crippen molar-refractivity contribution in [2.24, 2.45) is 0 Å². The summed E-state index contributed by atoms with van der Waals surface area (Å²) in [5.41, 5.74) is 0. The van der Waals surface area contributed by atoms with E-state index in [1.54, 1.807) is 14.2 Å². The van der Waals surface area contributed by atoms with Crippen LogP contribution in [-0.2, 0) is 8.85 Å². The van der Waals surface area contributed by atoms with Crippen LogP contribution in [0, 0.1) is 0 Å². The molecule has 0 aliphatic carbocycles. The van der Waals surface area contributed by atoms with E-state index in [0.717, 1.165) is 10.6 Å². The van der Waals surface area contributed by atoms with E-state index >= 15 is 0 Å². The lowest BCUT2D eigenvalue weighted by atomic mass is 10.6. The van der Waals surface area contributed by atoms with E-state index in [9.17, 15) is 0 Å². The van der Waals surface area contributed by atoms with Gasteiger partial charge in [-0.1, -0.05) is 0 Å². The third-order valence-corrected chi connectivity index (χ3v) is 8.48. The van der Waals surface area contributed by atoms with Gasteiger partial charge in [0.05, 0.1) is 4.58 Å². The smallest absolute Gasteiger partial charge is 0.334 e. The van der Waals surface area contributed by atoms with E-state index in [4.69, 9.17) is 8.85 Å². The first-order valence-electron chi connectivity index (χ1n) is 4.54. The number of rotatable bonds is 5. The molecule has 0 bridgehead atoms. The average Bonchev–Trinajstić information content (AvgIpc) is 2.67. The zero-order valence-corrected chi connectivity index (χ0v) is 11.2. The van der Waals surface area contributed by atoms with Gasteiger partial charge in [-0.2, -0.15) is 0 Å². The molecule has 0 aromatic heterocycles. The lowest BCUT2D eigenvalue weighted by molar-refractivity contribution is 0.249. The van der Waals surface area contributed by atoms with Gasteiger partial charge in [0.15, 0.2) is 0 Å². The van der Waals surface area contributed by atoms with Crippen LogP contribution in [0.5, 0.6) is 0 Å². The van der Waals surface area contributed by atoms with Crippen LogP contribution in [0.3, 0.4) is 0 Å². The summed E-state index contributed by atoms with van der Waals surface area (Å²) >= 11 is 4.16. The third kappa shape index (κ3) is 3.83. The highest BCUT2D eigenvalue weighted by Gasteiger charge is 2.30. The molecule has 0 atom stereocenters. The molecule has 13 heavy (non-hydrogen) atoms. The highest BCUT2D eigenvalue weighted by atomic mass is 32.2. The lowest BCUT2D eigenvalue weighted by Crippen LogP contribution is -2.36. The van der Waals surface area contributed by atoms with Crippen molar-refractivity contribution >= 4 is 32.1 Å². The SMILES string of the molecule is CO[Si](C)(CCC1SCCS1)OC. The van der Waals surface area contributed by atoms with Crippen molar-refractivity contribution in [2.75, 3.05) is 25.7 Å².